The van der Waals surface area contributed by atoms with Gasteiger partial charge in [-0.1, -0.05) is 216 Å². The summed E-state index contributed by atoms with van der Waals surface area (Å²) in [6, 6.07) is 44.8. The molecule has 0 atom stereocenters. The number of rotatable bonds is 20. The van der Waals surface area contributed by atoms with Crippen molar-refractivity contribution in [2.75, 3.05) is 0 Å². The van der Waals surface area contributed by atoms with Crippen LogP contribution in [0.15, 0.2) is 109 Å². The molecule has 0 N–H and O–H groups in total. The van der Waals surface area contributed by atoms with Crippen LogP contribution >= 0.6 is 0 Å². The molecule has 14 aromatic rings. The highest BCUT2D eigenvalue weighted by molar-refractivity contribution is 6.61. The minimum atomic E-state index is 0.0351. The lowest BCUT2D eigenvalue weighted by molar-refractivity contribution is 0.348. The molecule has 14 rings (SSSR count). The van der Waals surface area contributed by atoms with Gasteiger partial charge in [0.05, 0.1) is 0 Å². The fraction of sp³-hybridized carbons (Fsp3) is 0.361. The third-order valence-corrected chi connectivity index (χ3v) is 20.2. The maximum Gasteiger partial charge on any atom is -0.0000253 e. The second-order valence-corrected chi connectivity index (χ2v) is 23.2. The Bertz CT molecular complexity index is 4280. The molecule has 0 aliphatic rings. The van der Waals surface area contributed by atoms with Gasteiger partial charge >= 0.3 is 0 Å². The van der Waals surface area contributed by atoms with Crippen molar-refractivity contribution >= 4 is 140 Å². The summed E-state index contributed by atoms with van der Waals surface area (Å²) in [7, 11) is 0. The molecule has 0 nitrogen and oxygen atoms in total. The van der Waals surface area contributed by atoms with Crippen molar-refractivity contribution in [3.63, 3.8) is 0 Å². The van der Waals surface area contributed by atoms with Gasteiger partial charge < -0.3 is 0 Å². The first-order valence-corrected chi connectivity index (χ1v) is 29.1. The van der Waals surface area contributed by atoms with Crippen LogP contribution < -0.4 is 0 Å². The topological polar surface area (TPSA) is 0 Å². The van der Waals surface area contributed by atoms with E-state index in [1.165, 1.54) is 232 Å². The van der Waals surface area contributed by atoms with Crippen LogP contribution in [0.2, 0.25) is 0 Å². The van der Waals surface area contributed by atoms with Gasteiger partial charge in [-0.3, -0.25) is 0 Å². The SMILES string of the molecule is CCCCCCCCC(CC)(CC)c1cc2ccc3c4cccc5c6cccc7c8c9ccccc9c9cccc%10c%11cc(C(CC)(CC)CCCCCCCC)c%12c(c1)c2c3c1c%12c%11c(c8c9%10)c(c67)c1c54. The fourth-order valence-corrected chi connectivity index (χ4v) is 16.3. The maximum absolute atomic E-state index is 2.84. The molecule has 0 aliphatic carbocycles. The third kappa shape index (κ3) is 5.76. The molecule has 0 spiro atoms. The third-order valence-electron chi connectivity index (χ3n) is 20.2. The average Bonchev–Trinajstić information content (AvgIpc) is 3.43. The predicted octanol–water partition coefficient (Wildman–Crippen LogP) is 22.9. The lowest BCUT2D eigenvalue weighted by Gasteiger charge is -2.37. The molecule has 0 saturated carbocycles. The van der Waals surface area contributed by atoms with E-state index in [9.17, 15) is 0 Å². The Kier molecular flexibility index (Phi) is 10.4. The number of fused-ring (bicyclic) bond motifs is 8. The van der Waals surface area contributed by atoms with Crippen LogP contribution in [0.4, 0.5) is 0 Å². The Labute approximate surface area is 426 Å². The Morgan fingerprint density at radius 1 is 0.264 bits per heavy atom. The van der Waals surface area contributed by atoms with E-state index in [2.05, 4.69) is 151 Å². The zero-order valence-electron chi connectivity index (χ0n) is 44.1. The number of benzene rings is 14. The van der Waals surface area contributed by atoms with Gasteiger partial charge in [0.1, 0.15) is 0 Å². The van der Waals surface area contributed by atoms with Crippen molar-refractivity contribution < 1.29 is 0 Å². The molecule has 0 unspecified atom stereocenters. The molecule has 14 aromatic carbocycles. The smallest absolute Gasteiger partial charge is 0.0000253 e. The minimum Gasteiger partial charge on any atom is -0.0654 e. The summed E-state index contributed by atoms with van der Waals surface area (Å²) in [5, 5.41) is 38.1. The van der Waals surface area contributed by atoms with Gasteiger partial charge in [0, 0.05) is 0 Å². The van der Waals surface area contributed by atoms with Crippen molar-refractivity contribution in [3.8, 4) is 0 Å². The maximum atomic E-state index is 2.84. The summed E-state index contributed by atoms with van der Waals surface area (Å²) in [6.07, 6.45) is 23.1. The predicted molar refractivity (Wildman–Crippen MR) is 322 cm³/mol. The highest BCUT2D eigenvalue weighted by atomic mass is 14.4. The summed E-state index contributed by atoms with van der Waals surface area (Å²) >= 11 is 0. The molecule has 0 radical (unpaired) electrons. The van der Waals surface area contributed by atoms with Crippen LogP contribution in [0.1, 0.15) is 168 Å². The van der Waals surface area contributed by atoms with Gasteiger partial charge in [0.2, 0.25) is 0 Å². The van der Waals surface area contributed by atoms with Crippen molar-refractivity contribution in [2.24, 2.45) is 0 Å². The zero-order chi connectivity index (χ0) is 48.6. The molecule has 360 valence electrons. The van der Waals surface area contributed by atoms with Gasteiger partial charge in [-0.15, -0.1) is 0 Å². The summed E-state index contributed by atoms with van der Waals surface area (Å²) in [4.78, 5) is 0. The zero-order valence-corrected chi connectivity index (χ0v) is 44.1. The fourth-order valence-electron chi connectivity index (χ4n) is 16.3. The van der Waals surface area contributed by atoms with E-state index in [0.29, 0.717) is 0 Å². The Morgan fingerprint density at radius 2 is 0.667 bits per heavy atom. The van der Waals surface area contributed by atoms with Crippen molar-refractivity contribution in [1.29, 1.82) is 0 Å². The van der Waals surface area contributed by atoms with Crippen LogP contribution in [0, 0.1) is 0 Å². The first-order valence-electron chi connectivity index (χ1n) is 29.1. The lowest BCUT2D eigenvalue weighted by Crippen LogP contribution is -2.26. The van der Waals surface area contributed by atoms with E-state index < -0.39 is 0 Å². The van der Waals surface area contributed by atoms with Gasteiger partial charge in [-0.2, -0.15) is 0 Å². The second kappa shape index (κ2) is 16.8. The number of hydrogen-bond acceptors (Lipinski definition) is 0. The first kappa shape index (κ1) is 44.7. The summed E-state index contributed by atoms with van der Waals surface area (Å²) in [5.74, 6) is 0. The highest BCUT2D eigenvalue weighted by Gasteiger charge is 2.38. The summed E-state index contributed by atoms with van der Waals surface area (Å²) < 4.78 is 0. The molecule has 0 bridgehead atoms. The molecule has 0 aliphatic heterocycles. The Balaban J connectivity index is 1.23. The van der Waals surface area contributed by atoms with Crippen LogP contribution in [0.25, 0.3) is 140 Å². The van der Waals surface area contributed by atoms with Crippen LogP contribution in [-0.2, 0) is 10.8 Å². The van der Waals surface area contributed by atoms with Gasteiger partial charge in [0.15, 0.2) is 0 Å². The van der Waals surface area contributed by atoms with Crippen molar-refractivity contribution in [2.45, 2.75) is 168 Å². The van der Waals surface area contributed by atoms with Crippen LogP contribution in [-0.4, -0.2) is 0 Å². The highest BCUT2D eigenvalue weighted by Crippen LogP contribution is 2.62. The van der Waals surface area contributed by atoms with Crippen molar-refractivity contribution in [3.05, 3.63) is 120 Å². The molecule has 72 heavy (non-hydrogen) atoms. The number of hydrogen-bond donors (Lipinski definition) is 0. The Hall–Kier alpha value is -5.98. The molecule has 0 heterocycles. The Morgan fingerprint density at radius 3 is 1.24 bits per heavy atom. The average molecular weight is 937 g/mol. The van der Waals surface area contributed by atoms with E-state index in [1.54, 1.807) is 21.9 Å². The largest absolute Gasteiger partial charge is 0.0654 e. The van der Waals surface area contributed by atoms with E-state index >= 15 is 0 Å². The monoisotopic (exact) mass is 937 g/mol. The first-order chi connectivity index (χ1) is 35.5. The molecule has 0 saturated heterocycles. The van der Waals surface area contributed by atoms with Crippen LogP contribution in [0.5, 0.6) is 0 Å². The summed E-state index contributed by atoms with van der Waals surface area (Å²) in [6.45, 7) is 14.8. The molecule has 0 aromatic heterocycles. The quantitative estimate of drug-likeness (QED) is 0.0406. The van der Waals surface area contributed by atoms with Crippen LogP contribution in [0.3, 0.4) is 0 Å². The lowest BCUT2D eigenvalue weighted by atomic mass is 9.66. The van der Waals surface area contributed by atoms with Gasteiger partial charge in [-0.25, -0.2) is 0 Å². The molecule has 0 amide bonds. The van der Waals surface area contributed by atoms with Gasteiger partial charge in [0.25, 0.3) is 0 Å². The van der Waals surface area contributed by atoms with E-state index in [1.807, 2.05) is 0 Å². The standard InChI is InChI=1S/C72H72/c1-7-13-15-17-19-23-38-71(9-3,10-4)44-40-43-36-37-52-50-32-26-31-48-49-33-27-35-53-60-46-29-22-21-28-45(46)47-30-25-34-51-54-42-56(72(11-5,12-6)39-24-20-18-16-14-8-2)62-55(41-44)57(43)63(52)69-66(59(48)50)67(61(49)53)70(64(54)68(62)69)65(60)58(47)51/h21-22,25-37,40-42H,7-20,23-24,38-39H2,1-6H3. The summed E-state index contributed by atoms with van der Waals surface area (Å²) in [5.41, 5.74) is 3.38. The van der Waals surface area contributed by atoms with E-state index in [4.69, 9.17) is 0 Å². The second-order valence-electron chi connectivity index (χ2n) is 23.2. The van der Waals surface area contributed by atoms with E-state index in [0.717, 1.165) is 12.8 Å². The molecular formula is C72H72. The number of unbranched alkanes of at least 4 members (excludes halogenated alkanes) is 10. The molecule has 0 fully saturated rings. The normalized spacial score (nSPS) is 13.6. The van der Waals surface area contributed by atoms with Crippen molar-refractivity contribution in [1.82, 2.24) is 0 Å². The van der Waals surface area contributed by atoms with Gasteiger partial charge in [-0.05, 0) is 213 Å². The van der Waals surface area contributed by atoms with E-state index in [-0.39, 0.29) is 10.8 Å². The molecule has 0 heteroatoms. The molecular weight excluding hydrogens is 865 g/mol. The minimum absolute atomic E-state index is 0.0351.